The Labute approximate surface area is 149 Å². The molecular weight excluding hydrogens is 342 g/mol. The van der Waals surface area contributed by atoms with E-state index in [-0.39, 0.29) is 21.9 Å². The molecule has 0 spiro atoms. The summed E-state index contributed by atoms with van der Waals surface area (Å²) in [6.45, 7) is 5.30. The van der Waals surface area contributed by atoms with E-state index in [4.69, 9.17) is 16.3 Å². The van der Waals surface area contributed by atoms with Gasteiger partial charge in [-0.1, -0.05) is 41.9 Å². The average Bonchev–Trinajstić information content (AvgIpc) is 2.95. The number of nitrogens with one attached hydrogen (secondary N) is 1. The van der Waals surface area contributed by atoms with Crippen molar-refractivity contribution < 1.29 is 9.53 Å². The Hall–Kier alpha value is -2.60. The molecule has 0 bridgehead atoms. The molecule has 0 fully saturated rings. The van der Waals surface area contributed by atoms with Crippen molar-refractivity contribution in [1.82, 2.24) is 14.6 Å². The van der Waals surface area contributed by atoms with Crippen LogP contribution in [-0.2, 0) is 11.2 Å². The molecule has 1 aromatic carbocycles. The van der Waals surface area contributed by atoms with Gasteiger partial charge in [0.05, 0.1) is 5.56 Å². The van der Waals surface area contributed by atoms with E-state index in [1.165, 1.54) is 10.7 Å². The van der Waals surface area contributed by atoms with Gasteiger partial charge in [-0.3, -0.25) is 9.89 Å². The number of hydrogen-bond acceptors (Lipinski definition) is 4. The topological polar surface area (TPSA) is 76.5 Å². The lowest BCUT2D eigenvalue weighted by molar-refractivity contribution is 0.00715. The number of hydrogen-bond donors (Lipinski definition) is 1. The van der Waals surface area contributed by atoms with E-state index < -0.39 is 11.6 Å². The molecule has 130 valence electrons. The molecular formula is C18H18ClN3O3. The number of aromatic nitrogens is 3. The monoisotopic (exact) mass is 359 g/mol. The third kappa shape index (κ3) is 3.58. The van der Waals surface area contributed by atoms with Gasteiger partial charge >= 0.3 is 5.97 Å². The molecule has 0 unspecified atom stereocenters. The van der Waals surface area contributed by atoms with Crippen LogP contribution in [0.4, 0.5) is 0 Å². The van der Waals surface area contributed by atoms with Crippen LogP contribution in [0.25, 0.3) is 5.65 Å². The van der Waals surface area contributed by atoms with Gasteiger partial charge in [-0.15, -0.1) is 0 Å². The zero-order valence-corrected chi connectivity index (χ0v) is 14.9. The lowest BCUT2D eigenvalue weighted by Crippen LogP contribution is -2.25. The van der Waals surface area contributed by atoms with Crippen molar-refractivity contribution in [2.24, 2.45) is 0 Å². The van der Waals surface area contributed by atoms with Crippen molar-refractivity contribution >= 4 is 23.2 Å². The fraction of sp³-hybridized carbons (Fsp3) is 0.278. The van der Waals surface area contributed by atoms with Gasteiger partial charge in [0.15, 0.2) is 5.65 Å². The van der Waals surface area contributed by atoms with Crippen molar-refractivity contribution in [1.29, 1.82) is 0 Å². The summed E-state index contributed by atoms with van der Waals surface area (Å²) in [6.07, 6.45) is 1.76. The quantitative estimate of drug-likeness (QED) is 0.575. The van der Waals surface area contributed by atoms with E-state index in [2.05, 4.69) is 10.1 Å². The molecule has 2 aromatic heterocycles. The van der Waals surface area contributed by atoms with Crippen LogP contribution in [0.15, 0.2) is 41.3 Å². The number of halogens is 1. The maximum Gasteiger partial charge on any atom is 0.344 e. The van der Waals surface area contributed by atoms with Crippen LogP contribution in [0.3, 0.4) is 0 Å². The summed E-state index contributed by atoms with van der Waals surface area (Å²) in [5, 5.41) is 2.84. The minimum Gasteiger partial charge on any atom is -0.456 e. The van der Waals surface area contributed by atoms with Gasteiger partial charge in [0, 0.05) is 12.6 Å². The number of nitrogens with zero attached hydrogens (tertiary/aromatic N) is 2. The lowest BCUT2D eigenvalue weighted by Gasteiger charge is -2.18. The second-order valence-electron chi connectivity index (χ2n) is 6.70. The first kappa shape index (κ1) is 17.2. The van der Waals surface area contributed by atoms with Crippen LogP contribution in [0, 0.1) is 0 Å². The predicted octanol–water partition coefficient (Wildman–Crippen LogP) is 3.22. The number of H-pyrrole nitrogens is 1. The van der Waals surface area contributed by atoms with Crippen molar-refractivity contribution in [3.05, 3.63) is 68.7 Å². The Morgan fingerprint density at radius 3 is 2.60 bits per heavy atom. The number of ether oxygens (including phenoxy) is 1. The zero-order valence-electron chi connectivity index (χ0n) is 14.2. The first-order chi connectivity index (χ1) is 11.8. The number of fused-ring (bicyclic) bond motifs is 1. The van der Waals surface area contributed by atoms with Crippen LogP contribution in [0.1, 0.15) is 42.3 Å². The molecule has 0 atom stereocenters. The van der Waals surface area contributed by atoms with Gasteiger partial charge in [0.2, 0.25) is 0 Å². The van der Waals surface area contributed by atoms with E-state index in [9.17, 15) is 9.59 Å². The maximum absolute atomic E-state index is 12.7. The Bertz CT molecular complexity index is 984. The van der Waals surface area contributed by atoms with Crippen molar-refractivity contribution in [3.8, 4) is 0 Å². The number of benzene rings is 1. The molecule has 6 nitrogen and oxygen atoms in total. The van der Waals surface area contributed by atoms with Crippen molar-refractivity contribution in [2.45, 2.75) is 32.8 Å². The van der Waals surface area contributed by atoms with E-state index in [0.717, 1.165) is 5.56 Å². The number of esters is 1. The molecule has 3 aromatic rings. The molecule has 0 amide bonds. The summed E-state index contributed by atoms with van der Waals surface area (Å²) in [5.74, 6) is -0.565. The highest BCUT2D eigenvalue weighted by Gasteiger charge is 2.23. The maximum atomic E-state index is 12.7. The zero-order chi connectivity index (χ0) is 18.2. The molecule has 3 rings (SSSR count). The minimum atomic E-state index is -0.650. The molecule has 0 aliphatic rings. The third-order valence-corrected chi connectivity index (χ3v) is 3.86. The van der Waals surface area contributed by atoms with E-state index >= 15 is 0 Å². The highest BCUT2D eigenvalue weighted by Crippen LogP contribution is 2.19. The summed E-state index contributed by atoms with van der Waals surface area (Å²) in [5.41, 5.74) is 0.642. The van der Waals surface area contributed by atoms with Crippen molar-refractivity contribution in [2.75, 3.05) is 0 Å². The number of carbonyl (C=O) groups is 1. The molecule has 0 saturated carbocycles. The fourth-order valence-electron chi connectivity index (χ4n) is 2.46. The summed E-state index contributed by atoms with van der Waals surface area (Å²) >= 11 is 6.23. The van der Waals surface area contributed by atoms with Crippen LogP contribution in [-0.4, -0.2) is 26.2 Å². The summed E-state index contributed by atoms with van der Waals surface area (Å²) in [6, 6.07) is 9.50. The van der Waals surface area contributed by atoms with Crippen molar-refractivity contribution in [3.63, 3.8) is 0 Å². The van der Waals surface area contributed by atoms with Gasteiger partial charge in [-0.25, -0.2) is 14.3 Å². The normalized spacial score (nSPS) is 11.7. The molecule has 2 heterocycles. The van der Waals surface area contributed by atoms with Crippen LogP contribution < -0.4 is 5.56 Å². The predicted molar refractivity (Wildman–Crippen MR) is 95.2 cm³/mol. The van der Waals surface area contributed by atoms with Crippen LogP contribution >= 0.6 is 11.6 Å². The third-order valence-electron chi connectivity index (χ3n) is 3.55. The smallest absolute Gasteiger partial charge is 0.344 e. The SMILES string of the molecule is CC(C)(C)OC(=O)c1c[nH]n2c(=O)c(Cc3ccccc3)c(Cl)nc12. The second-order valence-corrected chi connectivity index (χ2v) is 7.05. The Morgan fingerprint density at radius 1 is 1.28 bits per heavy atom. The summed E-state index contributed by atoms with van der Waals surface area (Å²) in [7, 11) is 0. The Morgan fingerprint density at radius 2 is 1.96 bits per heavy atom. The molecule has 25 heavy (non-hydrogen) atoms. The highest BCUT2D eigenvalue weighted by atomic mass is 35.5. The molecule has 1 N–H and O–H groups in total. The summed E-state index contributed by atoms with van der Waals surface area (Å²) in [4.78, 5) is 29.3. The van der Waals surface area contributed by atoms with Gasteiger partial charge in [-0.2, -0.15) is 0 Å². The van der Waals surface area contributed by atoms with E-state index in [1.807, 2.05) is 30.3 Å². The number of rotatable bonds is 3. The second kappa shape index (κ2) is 6.37. The Kier molecular flexibility index (Phi) is 4.39. The average molecular weight is 360 g/mol. The van der Waals surface area contributed by atoms with Gasteiger partial charge < -0.3 is 4.74 Å². The minimum absolute atomic E-state index is 0.0817. The largest absolute Gasteiger partial charge is 0.456 e. The fourth-order valence-corrected chi connectivity index (χ4v) is 2.68. The van der Waals surface area contributed by atoms with Gasteiger partial charge in [0.25, 0.3) is 5.56 Å². The molecule has 7 heteroatoms. The molecule has 0 radical (unpaired) electrons. The standard InChI is InChI=1S/C18H18ClN3O3/c1-18(2,3)25-17(24)13-10-20-22-15(13)21-14(19)12(16(22)23)9-11-7-5-4-6-8-11/h4-8,10,20H,9H2,1-3H3. The number of carbonyl (C=O) groups excluding carboxylic acids is 1. The number of aromatic amines is 1. The summed E-state index contributed by atoms with van der Waals surface area (Å²) < 4.78 is 6.55. The van der Waals surface area contributed by atoms with Gasteiger partial charge in [-0.05, 0) is 26.3 Å². The van der Waals surface area contributed by atoms with E-state index in [1.54, 1.807) is 20.8 Å². The highest BCUT2D eigenvalue weighted by molar-refractivity contribution is 6.30. The van der Waals surface area contributed by atoms with Crippen LogP contribution in [0.2, 0.25) is 5.15 Å². The first-order valence-electron chi connectivity index (χ1n) is 7.82. The first-order valence-corrected chi connectivity index (χ1v) is 8.20. The lowest BCUT2D eigenvalue weighted by atomic mass is 10.1. The molecule has 0 saturated heterocycles. The van der Waals surface area contributed by atoms with E-state index in [0.29, 0.717) is 12.0 Å². The molecule has 0 aliphatic heterocycles. The van der Waals surface area contributed by atoms with Gasteiger partial charge in [0.1, 0.15) is 16.3 Å². The molecule has 0 aliphatic carbocycles. The Balaban J connectivity index is 2.05. The van der Waals surface area contributed by atoms with Crippen LogP contribution in [0.5, 0.6) is 0 Å².